The van der Waals surface area contributed by atoms with Gasteiger partial charge in [0.05, 0.1) is 5.60 Å². The van der Waals surface area contributed by atoms with Gasteiger partial charge in [0.1, 0.15) is 0 Å². The quantitative estimate of drug-likeness (QED) is 0.510. The molecule has 0 aromatic carbocycles. The van der Waals surface area contributed by atoms with Crippen molar-refractivity contribution in [2.24, 2.45) is 4.99 Å². The highest BCUT2D eigenvalue weighted by molar-refractivity contribution is 7.99. The molecule has 3 N–H and O–H groups in total. The zero-order valence-electron chi connectivity index (χ0n) is 12.5. The van der Waals surface area contributed by atoms with Gasteiger partial charge in [-0.2, -0.15) is 11.8 Å². The molecule has 20 heavy (non-hydrogen) atoms. The van der Waals surface area contributed by atoms with Gasteiger partial charge in [-0.3, -0.25) is 4.99 Å². The van der Waals surface area contributed by atoms with Crippen LogP contribution in [0, 0.1) is 0 Å². The third-order valence-electron chi connectivity index (χ3n) is 4.06. The lowest BCUT2D eigenvalue weighted by atomic mass is 10.0. The molecular formula is C14H28N4OS. The number of hydrogen-bond acceptors (Lipinski definition) is 4. The van der Waals surface area contributed by atoms with Crippen LogP contribution in [-0.4, -0.2) is 72.8 Å². The predicted molar refractivity (Wildman–Crippen MR) is 86.5 cm³/mol. The summed E-state index contributed by atoms with van der Waals surface area (Å²) < 4.78 is 0. The van der Waals surface area contributed by atoms with E-state index in [1.165, 1.54) is 32.4 Å². The van der Waals surface area contributed by atoms with Crippen LogP contribution in [0.25, 0.3) is 0 Å². The number of rotatable bonds is 5. The van der Waals surface area contributed by atoms with Gasteiger partial charge in [-0.1, -0.05) is 6.42 Å². The zero-order chi connectivity index (χ0) is 14.3. The molecule has 116 valence electrons. The fraction of sp³-hybridized carbons (Fsp3) is 0.929. The number of aliphatic imine (C=N–C) groups is 1. The number of hydrogen-bond donors (Lipinski definition) is 3. The smallest absolute Gasteiger partial charge is 0.191 e. The SMILES string of the molecule is CN=C(NCCN1CCCCC1)NCC1(O)CCSC1. The number of likely N-dealkylation sites (tertiary alicyclic amines) is 1. The summed E-state index contributed by atoms with van der Waals surface area (Å²) in [5, 5.41) is 16.9. The van der Waals surface area contributed by atoms with E-state index in [-0.39, 0.29) is 0 Å². The molecule has 2 aliphatic heterocycles. The number of nitrogens with one attached hydrogen (secondary N) is 2. The van der Waals surface area contributed by atoms with Gasteiger partial charge in [0.2, 0.25) is 0 Å². The summed E-state index contributed by atoms with van der Waals surface area (Å²) in [6.45, 7) is 5.02. The van der Waals surface area contributed by atoms with Crippen LogP contribution in [0.4, 0.5) is 0 Å². The maximum Gasteiger partial charge on any atom is 0.191 e. The van der Waals surface area contributed by atoms with E-state index in [2.05, 4.69) is 20.5 Å². The fourth-order valence-electron chi connectivity index (χ4n) is 2.72. The zero-order valence-corrected chi connectivity index (χ0v) is 13.3. The second-order valence-electron chi connectivity index (χ2n) is 5.78. The minimum atomic E-state index is -0.560. The van der Waals surface area contributed by atoms with Gasteiger partial charge in [0.15, 0.2) is 5.96 Å². The molecule has 0 bridgehead atoms. The van der Waals surface area contributed by atoms with E-state index >= 15 is 0 Å². The Labute approximate surface area is 126 Å². The lowest BCUT2D eigenvalue weighted by Gasteiger charge is -2.27. The normalized spacial score (nSPS) is 28.6. The van der Waals surface area contributed by atoms with Crippen LogP contribution in [0.3, 0.4) is 0 Å². The molecule has 0 amide bonds. The Kier molecular flexibility index (Phi) is 6.45. The fourth-order valence-corrected chi connectivity index (χ4v) is 4.02. The first-order valence-electron chi connectivity index (χ1n) is 7.69. The Morgan fingerprint density at radius 2 is 2.10 bits per heavy atom. The van der Waals surface area contributed by atoms with Crippen LogP contribution >= 0.6 is 11.8 Å². The summed E-state index contributed by atoms with van der Waals surface area (Å²) in [4.78, 5) is 6.73. The van der Waals surface area contributed by atoms with Gasteiger partial charge >= 0.3 is 0 Å². The van der Waals surface area contributed by atoms with Crippen molar-refractivity contribution < 1.29 is 5.11 Å². The molecule has 1 unspecified atom stereocenters. The summed E-state index contributed by atoms with van der Waals surface area (Å²) in [6.07, 6.45) is 4.91. The van der Waals surface area contributed by atoms with Crippen LogP contribution in [0.5, 0.6) is 0 Å². The minimum Gasteiger partial charge on any atom is -0.387 e. The average molecular weight is 300 g/mol. The minimum absolute atomic E-state index is 0.560. The number of aliphatic hydroxyl groups is 1. The van der Waals surface area contributed by atoms with E-state index in [4.69, 9.17) is 0 Å². The molecule has 2 rings (SSSR count). The molecule has 0 spiro atoms. The molecule has 6 heteroatoms. The Hall–Kier alpha value is -0.460. The Bertz CT molecular complexity index is 312. The first-order chi connectivity index (χ1) is 9.72. The van der Waals surface area contributed by atoms with E-state index < -0.39 is 5.60 Å². The second kappa shape index (κ2) is 8.10. The van der Waals surface area contributed by atoms with E-state index in [1.54, 1.807) is 7.05 Å². The standard InChI is InChI=1S/C14H28N4OS/c1-15-13(17-11-14(19)5-10-20-12-14)16-6-9-18-7-3-2-4-8-18/h19H,2-12H2,1H3,(H2,15,16,17). The number of guanidine groups is 1. The van der Waals surface area contributed by atoms with Crippen LogP contribution in [-0.2, 0) is 0 Å². The van der Waals surface area contributed by atoms with Crippen molar-refractivity contribution >= 4 is 17.7 Å². The molecular weight excluding hydrogens is 272 g/mol. The Morgan fingerprint density at radius 1 is 1.30 bits per heavy atom. The monoisotopic (exact) mass is 300 g/mol. The summed E-state index contributed by atoms with van der Waals surface area (Å²) in [5.41, 5.74) is -0.560. The number of nitrogens with zero attached hydrogens (tertiary/aromatic N) is 2. The van der Waals surface area contributed by atoms with E-state index in [0.717, 1.165) is 37.0 Å². The average Bonchev–Trinajstić information content (AvgIpc) is 2.91. The van der Waals surface area contributed by atoms with Crippen LogP contribution < -0.4 is 10.6 Å². The van der Waals surface area contributed by atoms with Crippen molar-refractivity contribution in [3.8, 4) is 0 Å². The van der Waals surface area contributed by atoms with Crippen LogP contribution in [0.15, 0.2) is 4.99 Å². The van der Waals surface area contributed by atoms with Crippen molar-refractivity contribution in [1.82, 2.24) is 15.5 Å². The highest BCUT2D eigenvalue weighted by Crippen LogP contribution is 2.26. The highest BCUT2D eigenvalue weighted by atomic mass is 32.2. The molecule has 0 radical (unpaired) electrons. The molecule has 2 saturated heterocycles. The number of piperidine rings is 1. The lowest BCUT2D eigenvalue weighted by Crippen LogP contribution is -2.48. The van der Waals surface area contributed by atoms with Crippen molar-refractivity contribution in [2.75, 3.05) is 51.3 Å². The van der Waals surface area contributed by atoms with Crippen molar-refractivity contribution in [1.29, 1.82) is 0 Å². The Balaban J connectivity index is 1.62. The van der Waals surface area contributed by atoms with Gasteiger partial charge < -0.3 is 20.6 Å². The van der Waals surface area contributed by atoms with Crippen molar-refractivity contribution in [2.45, 2.75) is 31.3 Å². The summed E-state index contributed by atoms with van der Waals surface area (Å²) in [6, 6.07) is 0. The third kappa shape index (κ3) is 5.14. The largest absolute Gasteiger partial charge is 0.387 e. The van der Waals surface area contributed by atoms with Crippen LogP contribution in [0.1, 0.15) is 25.7 Å². The van der Waals surface area contributed by atoms with E-state index in [0.29, 0.717) is 6.54 Å². The molecule has 0 saturated carbocycles. The van der Waals surface area contributed by atoms with E-state index in [1.807, 2.05) is 11.8 Å². The predicted octanol–water partition coefficient (Wildman–Crippen LogP) is 0.505. The summed E-state index contributed by atoms with van der Waals surface area (Å²) in [5.74, 6) is 2.68. The first kappa shape index (κ1) is 15.9. The van der Waals surface area contributed by atoms with E-state index in [9.17, 15) is 5.11 Å². The third-order valence-corrected chi connectivity index (χ3v) is 5.29. The van der Waals surface area contributed by atoms with Gasteiger partial charge in [0.25, 0.3) is 0 Å². The maximum atomic E-state index is 10.3. The molecule has 2 aliphatic rings. The molecule has 0 aliphatic carbocycles. The Morgan fingerprint density at radius 3 is 2.75 bits per heavy atom. The lowest BCUT2D eigenvalue weighted by molar-refractivity contribution is 0.0724. The van der Waals surface area contributed by atoms with Crippen molar-refractivity contribution in [3.63, 3.8) is 0 Å². The molecule has 0 aromatic rings. The second-order valence-corrected chi connectivity index (χ2v) is 6.89. The summed E-state index contributed by atoms with van der Waals surface area (Å²) >= 11 is 1.82. The van der Waals surface area contributed by atoms with Crippen LogP contribution in [0.2, 0.25) is 0 Å². The topological polar surface area (TPSA) is 59.9 Å². The van der Waals surface area contributed by atoms with Gasteiger partial charge in [-0.05, 0) is 38.1 Å². The van der Waals surface area contributed by atoms with Crippen molar-refractivity contribution in [3.05, 3.63) is 0 Å². The molecule has 1 atom stereocenters. The number of thioether (sulfide) groups is 1. The molecule has 0 aromatic heterocycles. The van der Waals surface area contributed by atoms with Gasteiger partial charge in [0, 0.05) is 32.4 Å². The molecule has 2 fully saturated rings. The van der Waals surface area contributed by atoms with Gasteiger partial charge in [-0.15, -0.1) is 0 Å². The maximum absolute atomic E-state index is 10.3. The first-order valence-corrected chi connectivity index (χ1v) is 8.84. The summed E-state index contributed by atoms with van der Waals surface area (Å²) in [7, 11) is 1.78. The molecule has 5 nitrogen and oxygen atoms in total. The van der Waals surface area contributed by atoms with Gasteiger partial charge in [-0.25, -0.2) is 0 Å². The highest BCUT2D eigenvalue weighted by Gasteiger charge is 2.31. The molecule has 2 heterocycles.